The monoisotopic (exact) mass is 312 g/mol. The van der Waals surface area contributed by atoms with Gasteiger partial charge in [-0.05, 0) is 38.0 Å². The van der Waals surface area contributed by atoms with Crippen LogP contribution in [0.3, 0.4) is 0 Å². The fourth-order valence-corrected chi connectivity index (χ4v) is 4.13. The van der Waals surface area contributed by atoms with Gasteiger partial charge in [-0.1, -0.05) is 42.5 Å². The summed E-state index contributed by atoms with van der Waals surface area (Å²) in [7, 11) is 0. The van der Waals surface area contributed by atoms with Crippen molar-refractivity contribution in [1.29, 1.82) is 0 Å². The molecule has 1 unspecified atom stereocenters. The van der Waals surface area contributed by atoms with E-state index in [0.29, 0.717) is 11.1 Å². The molecule has 1 aromatic rings. The van der Waals surface area contributed by atoms with E-state index in [0.717, 1.165) is 23.8 Å². The third-order valence-corrected chi connectivity index (χ3v) is 5.35. The van der Waals surface area contributed by atoms with Gasteiger partial charge in [0.05, 0.1) is 10.7 Å². The molecule has 4 heteroatoms. The zero-order valence-corrected chi connectivity index (χ0v) is 13.5. The Hall–Kier alpha value is -0.440. The van der Waals surface area contributed by atoms with Crippen LogP contribution in [0.2, 0.25) is 10.0 Å². The average Bonchev–Trinajstić information content (AvgIpc) is 2.43. The molecule has 2 aliphatic rings. The predicted octanol–water partition coefficient (Wildman–Crippen LogP) is 4.49. The fraction of sp³-hybridized carbons (Fsp3) is 0.625. The summed E-state index contributed by atoms with van der Waals surface area (Å²) < 4.78 is 0. The molecule has 1 N–H and O–H groups in total. The van der Waals surface area contributed by atoms with E-state index in [-0.39, 0.29) is 5.54 Å². The Kier molecular flexibility index (Phi) is 4.16. The van der Waals surface area contributed by atoms with Crippen molar-refractivity contribution in [2.24, 2.45) is 0 Å². The van der Waals surface area contributed by atoms with Crippen LogP contribution in [0.25, 0.3) is 0 Å². The van der Waals surface area contributed by atoms with Gasteiger partial charge in [-0.2, -0.15) is 0 Å². The summed E-state index contributed by atoms with van der Waals surface area (Å²) >= 11 is 12.4. The third kappa shape index (κ3) is 2.79. The van der Waals surface area contributed by atoms with E-state index in [1.807, 2.05) is 12.1 Å². The largest absolute Gasteiger partial charge is 0.364 e. The number of hydrogen-bond donors (Lipinski definition) is 1. The molecule has 0 radical (unpaired) electrons. The zero-order valence-electron chi connectivity index (χ0n) is 12.0. The Morgan fingerprint density at radius 1 is 1.20 bits per heavy atom. The number of benzene rings is 1. The summed E-state index contributed by atoms with van der Waals surface area (Å²) in [4.78, 5) is 2.46. The van der Waals surface area contributed by atoms with Crippen molar-refractivity contribution in [3.05, 3.63) is 28.2 Å². The van der Waals surface area contributed by atoms with Crippen molar-refractivity contribution in [3.8, 4) is 0 Å². The second-order valence-electron chi connectivity index (χ2n) is 6.29. The maximum atomic E-state index is 6.41. The van der Waals surface area contributed by atoms with Crippen molar-refractivity contribution in [2.45, 2.75) is 50.6 Å². The Labute approximate surface area is 131 Å². The van der Waals surface area contributed by atoms with Gasteiger partial charge in [-0.15, -0.1) is 0 Å². The molecule has 2 nitrogen and oxygen atoms in total. The summed E-state index contributed by atoms with van der Waals surface area (Å²) in [5, 5.41) is 5.27. The van der Waals surface area contributed by atoms with E-state index in [1.54, 1.807) is 0 Å². The number of piperazine rings is 1. The van der Waals surface area contributed by atoms with Crippen molar-refractivity contribution >= 4 is 28.9 Å². The van der Waals surface area contributed by atoms with Gasteiger partial charge in [0.25, 0.3) is 0 Å². The maximum Gasteiger partial charge on any atom is 0.0654 e. The molecule has 20 heavy (non-hydrogen) atoms. The van der Waals surface area contributed by atoms with E-state index in [2.05, 4.69) is 23.2 Å². The first-order chi connectivity index (χ1) is 9.60. The van der Waals surface area contributed by atoms with Crippen LogP contribution in [0.1, 0.15) is 39.0 Å². The van der Waals surface area contributed by atoms with E-state index in [9.17, 15) is 0 Å². The smallest absolute Gasteiger partial charge is 0.0654 e. The summed E-state index contributed by atoms with van der Waals surface area (Å²) in [6.45, 7) is 4.34. The van der Waals surface area contributed by atoms with Crippen molar-refractivity contribution in [3.63, 3.8) is 0 Å². The van der Waals surface area contributed by atoms with Crippen molar-refractivity contribution < 1.29 is 0 Å². The van der Waals surface area contributed by atoms with E-state index < -0.39 is 0 Å². The number of nitrogens with zero attached hydrogens (tertiary/aromatic N) is 1. The van der Waals surface area contributed by atoms with Crippen molar-refractivity contribution in [2.75, 3.05) is 18.0 Å². The topological polar surface area (TPSA) is 15.3 Å². The Morgan fingerprint density at radius 2 is 1.95 bits per heavy atom. The van der Waals surface area contributed by atoms with Crippen LogP contribution in [0, 0.1) is 0 Å². The Morgan fingerprint density at radius 3 is 2.65 bits per heavy atom. The fourth-order valence-electron chi connectivity index (χ4n) is 3.61. The zero-order chi connectivity index (χ0) is 14.2. The van der Waals surface area contributed by atoms with E-state index >= 15 is 0 Å². The average molecular weight is 313 g/mol. The normalized spacial score (nSPS) is 25.9. The van der Waals surface area contributed by atoms with Crippen LogP contribution >= 0.6 is 23.2 Å². The number of nitrogens with one attached hydrogen (secondary N) is 1. The molecule has 3 rings (SSSR count). The highest BCUT2D eigenvalue weighted by molar-refractivity contribution is 6.36. The Bertz CT molecular complexity index is 483. The SMILES string of the molecule is CC1CNC2(CCCCC2)CN1c1ccc(Cl)cc1Cl. The molecule has 1 spiro atoms. The van der Waals surface area contributed by atoms with Gasteiger partial charge in [-0.25, -0.2) is 0 Å². The summed E-state index contributed by atoms with van der Waals surface area (Å²) in [5.41, 5.74) is 1.41. The van der Waals surface area contributed by atoms with Gasteiger partial charge in [0.2, 0.25) is 0 Å². The molecular weight excluding hydrogens is 291 g/mol. The molecule has 1 atom stereocenters. The molecule has 110 valence electrons. The Balaban J connectivity index is 1.86. The molecule has 1 heterocycles. The molecule has 0 bridgehead atoms. The standard InChI is InChI=1S/C16H22Cl2N2/c1-12-10-19-16(7-3-2-4-8-16)11-20(12)15-6-5-13(17)9-14(15)18/h5-6,9,12,19H,2-4,7-8,10-11H2,1H3. The van der Waals surface area contributed by atoms with Gasteiger partial charge in [0, 0.05) is 29.7 Å². The molecule has 0 amide bonds. The lowest BCUT2D eigenvalue weighted by molar-refractivity contribution is 0.200. The van der Waals surface area contributed by atoms with Gasteiger partial charge in [0.1, 0.15) is 0 Å². The van der Waals surface area contributed by atoms with E-state index in [1.165, 1.54) is 32.1 Å². The minimum atomic E-state index is 0.285. The number of anilines is 1. The number of halogens is 2. The first-order valence-electron chi connectivity index (χ1n) is 7.56. The van der Waals surface area contributed by atoms with Crippen LogP contribution in [0.4, 0.5) is 5.69 Å². The van der Waals surface area contributed by atoms with Crippen molar-refractivity contribution in [1.82, 2.24) is 5.32 Å². The minimum absolute atomic E-state index is 0.285. The number of hydrogen-bond acceptors (Lipinski definition) is 2. The lowest BCUT2D eigenvalue weighted by Gasteiger charge is -2.50. The van der Waals surface area contributed by atoms with Gasteiger partial charge >= 0.3 is 0 Å². The maximum absolute atomic E-state index is 6.41. The molecule has 1 saturated carbocycles. The van der Waals surface area contributed by atoms with Crippen LogP contribution in [-0.4, -0.2) is 24.7 Å². The molecular formula is C16H22Cl2N2. The van der Waals surface area contributed by atoms with Crippen LogP contribution in [-0.2, 0) is 0 Å². The highest BCUT2D eigenvalue weighted by atomic mass is 35.5. The van der Waals surface area contributed by atoms with E-state index in [4.69, 9.17) is 23.2 Å². The molecule has 1 aromatic carbocycles. The predicted molar refractivity (Wildman–Crippen MR) is 87.1 cm³/mol. The minimum Gasteiger partial charge on any atom is -0.364 e. The van der Waals surface area contributed by atoms with Gasteiger partial charge in [0.15, 0.2) is 0 Å². The molecule has 1 saturated heterocycles. The van der Waals surface area contributed by atoms with Gasteiger partial charge in [-0.3, -0.25) is 0 Å². The van der Waals surface area contributed by atoms with Crippen LogP contribution in [0.5, 0.6) is 0 Å². The van der Waals surface area contributed by atoms with Crippen LogP contribution < -0.4 is 10.2 Å². The highest BCUT2D eigenvalue weighted by Gasteiger charge is 2.39. The lowest BCUT2D eigenvalue weighted by Crippen LogP contribution is -2.64. The lowest BCUT2D eigenvalue weighted by atomic mass is 9.79. The molecule has 1 aliphatic carbocycles. The first-order valence-corrected chi connectivity index (χ1v) is 8.32. The number of rotatable bonds is 1. The summed E-state index contributed by atoms with van der Waals surface area (Å²) in [5.74, 6) is 0. The third-order valence-electron chi connectivity index (χ3n) is 4.81. The summed E-state index contributed by atoms with van der Waals surface area (Å²) in [6.07, 6.45) is 6.61. The highest BCUT2D eigenvalue weighted by Crippen LogP contribution is 2.37. The molecule has 1 aliphatic heterocycles. The first kappa shape index (κ1) is 14.5. The quantitative estimate of drug-likeness (QED) is 0.821. The molecule has 2 fully saturated rings. The summed E-state index contributed by atoms with van der Waals surface area (Å²) in [6, 6.07) is 6.30. The van der Waals surface area contributed by atoms with Crippen LogP contribution in [0.15, 0.2) is 18.2 Å². The van der Waals surface area contributed by atoms with Gasteiger partial charge < -0.3 is 10.2 Å². The second kappa shape index (κ2) is 5.75. The molecule has 0 aromatic heterocycles. The second-order valence-corrected chi connectivity index (χ2v) is 7.14.